The van der Waals surface area contributed by atoms with Crippen molar-refractivity contribution < 1.29 is 14.6 Å². The average molecular weight is 353 g/mol. The fraction of sp³-hybridized carbons (Fsp3) is 0.556. The number of aryl methyl sites for hydroxylation is 3. The van der Waals surface area contributed by atoms with Crippen LogP contribution in [0.3, 0.4) is 0 Å². The van der Waals surface area contributed by atoms with E-state index in [4.69, 9.17) is 0 Å². The van der Waals surface area contributed by atoms with Crippen molar-refractivity contribution in [1.82, 2.24) is 10.5 Å². The molecule has 0 aliphatic heterocycles. The maximum atomic E-state index is 12.9. The van der Waals surface area contributed by atoms with Gasteiger partial charge in [0, 0.05) is 12.6 Å². The number of aliphatic hydroxyl groups is 1. The van der Waals surface area contributed by atoms with Crippen LogP contribution in [0.25, 0.3) is 0 Å². The summed E-state index contributed by atoms with van der Waals surface area (Å²) in [5.74, 6) is 0.104. The third-order valence-corrected chi connectivity index (χ3v) is 4.57. The highest BCUT2D eigenvalue weighted by Crippen LogP contribution is 2.21. The molecule has 0 saturated heterocycles. The predicted octanol–water partition coefficient (Wildman–Crippen LogP) is 2.83. The van der Waals surface area contributed by atoms with Crippen LogP contribution in [-0.2, 0) is 19.3 Å². The van der Waals surface area contributed by atoms with Crippen LogP contribution in [0.4, 0.5) is 0 Å². The molecule has 0 heterocycles. The highest BCUT2D eigenvalue weighted by molar-refractivity contribution is 7.98. The molecule has 0 atom stereocenters. The highest BCUT2D eigenvalue weighted by atomic mass is 32.2. The van der Waals surface area contributed by atoms with Gasteiger partial charge in [-0.05, 0) is 42.2 Å². The molecule has 0 saturated carbocycles. The summed E-state index contributed by atoms with van der Waals surface area (Å²) in [6.07, 6.45) is 4.45. The molecule has 1 aromatic rings. The quantitative estimate of drug-likeness (QED) is 0.179. The minimum absolute atomic E-state index is 0.295. The normalized spacial score (nSPS) is 12.3. The van der Waals surface area contributed by atoms with Crippen molar-refractivity contribution in [3.63, 3.8) is 0 Å². The molecule has 24 heavy (non-hydrogen) atoms. The van der Waals surface area contributed by atoms with Crippen molar-refractivity contribution in [3.05, 3.63) is 34.4 Å². The largest absolute Gasteiger partial charge is 0.455 e. The Balaban J connectivity index is 3.26. The van der Waals surface area contributed by atoms with E-state index in [1.165, 1.54) is 10.2 Å². The number of hydrogen-bond acceptors (Lipinski definition) is 4. The lowest BCUT2D eigenvalue weighted by Crippen LogP contribution is -2.44. The van der Waals surface area contributed by atoms with Crippen molar-refractivity contribution in [2.45, 2.75) is 40.0 Å². The van der Waals surface area contributed by atoms with Gasteiger partial charge in [0.15, 0.2) is 7.05 Å². The van der Waals surface area contributed by atoms with Crippen molar-refractivity contribution in [1.29, 1.82) is 0 Å². The van der Waals surface area contributed by atoms with E-state index in [0.29, 0.717) is 5.56 Å². The molecule has 0 amide bonds. The van der Waals surface area contributed by atoms with Crippen LogP contribution in [-0.4, -0.2) is 52.7 Å². The number of ketones is 1. The van der Waals surface area contributed by atoms with E-state index >= 15 is 0 Å². The molecule has 1 rings (SSSR count). The SMILES string of the molecule is CCc1cc(CC)c(C(=O)C(O)=[N+](C)NN(C)CSC)c(CC)c1. The zero-order valence-corrected chi connectivity index (χ0v) is 16.5. The third-order valence-electron chi connectivity index (χ3n) is 3.92. The minimum Gasteiger partial charge on any atom is -0.455 e. The van der Waals surface area contributed by atoms with E-state index in [0.717, 1.165) is 36.3 Å². The van der Waals surface area contributed by atoms with Gasteiger partial charge >= 0.3 is 5.90 Å². The molecule has 0 unspecified atom stereocenters. The van der Waals surface area contributed by atoms with Crippen molar-refractivity contribution >= 4 is 23.4 Å². The number of nitrogens with one attached hydrogen (secondary N) is 1. The van der Waals surface area contributed by atoms with Gasteiger partial charge in [0.05, 0.1) is 5.88 Å². The van der Waals surface area contributed by atoms with Crippen LogP contribution in [0.5, 0.6) is 0 Å². The summed E-state index contributed by atoms with van der Waals surface area (Å²) in [5.41, 5.74) is 6.82. The Morgan fingerprint density at radius 2 is 1.75 bits per heavy atom. The van der Waals surface area contributed by atoms with Crippen LogP contribution in [0.1, 0.15) is 47.8 Å². The van der Waals surface area contributed by atoms with E-state index in [9.17, 15) is 9.90 Å². The molecular weight excluding hydrogens is 322 g/mol. The number of hydrazine groups is 2. The summed E-state index contributed by atoms with van der Waals surface area (Å²) in [6.45, 7) is 6.19. The molecule has 1 aromatic carbocycles. The lowest BCUT2D eigenvalue weighted by molar-refractivity contribution is -0.595. The first-order valence-corrected chi connectivity index (χ1v) is 9.74. The smallest absolute Gasteiger partial charge is 0.439 e. The molecule has 2 N–H and O–H groups in total. The number of nitrogens with zero attached hydrogens (tertiary/aromatic N) is 2. The number of hydrazone groups is 1. The van der Waals surface area contributed by atoms with Crippen molar-refractivity contribution in [3.8, 4) is 0 Å². The van der Waals surface area contributed by atoms with Crippen molar-refractivity contribution in [2.75, 3.05) is 26.2 Å². The van der Waals surface area contributed by atoms with Crippen LogP contribution in [0.15, 0.2) is 12.1 Å². The molecule has 0 fully saturated rings. The molecule has 0 aromatic heterocycles. The second-order valence-corrected chi connectivity index (χ2v) is 6.61. The monoisotopic (exact) mass is 352 g/mol. The minimum atomic E-state index is -0.334. The molecule has 0 aliphatic carbocycles. The van der Waals surface area contributed by atoms with Gasteiger partial charge in [0.2, 0.25) is 0 Å². The Hall–Kier alpha value is -1.53. The van der Waals surface area contributed by atoms with E-state index < -0.39 is 0 Å². The zero-order chi connectivity index (χ0) is 18.3. The van der Waals surface area contributed by atoms with Gasteiger partial charge in [-0.25, -0.2) is 0 Å². The summed E-state index contributed by atoms with van der Waals surface area (Å²) >= 11 is 1.65. The van der Waals surface area contributed by atoms with Crippen LogP contribution in [0.2, 0.25) is 0 Å². The van der Waals surface area contributed by atoms with Crippen LogP contribution in [0, 0.1) is 0 Å². The lowest BCUT2D eigenvalue weighted by Gasteiger charge is -2.15. The van der Waals surface area contributed by atoms with E-state index in [2.05, 4.69) is 24.6 Å². The van der Waals surface area contributed by atoms with Gasteiger partial charge in [0.25, 0.3) is 5.78 Å². The zero-order valence-electron chi connectivity index (χ0n) is 15.6. The van der Waals surface area contributed by atoms with E-state index in [1.54, 1.807) is 23.8 Å². The fourth-order valence-corrected chi connectivity index (χ4v) is 3.13. The molecule has 134 valence electrons. The lowest BCUT2D eigenvalue weighted by atomic mass is 9.91. The maximum Gasteiger partial charge on any atom is 0.439 e. The van der Waals surface area contributed by atoms with Gasteiger partial charge in [-0.2, -0.15) is 5.01 Å². The summed E-state index contributed by atoms with van der Waals surface area (Å²) in [4.78, 5) is 12.9. The molecular formula is C18H30N3O2S+. The average Bonchev–Trinajstić information content (AvgIpc) is 2.58. The Labute approximate surface area is 149 Å². The van der Waals surface area contributed by atoms with Crippen LogP contribution < -0.4 is 5.53 Å². The predicted molar refractivity (Wildman–Crippen MR) is 102 cm³/mol. The fourth-order valence-electron chi connectivity index (χ4n) is 2.68. The maximum absolute atomic E-state index is 12.9. The molecule has 0 spiro atoms. The van der Waals surface area contributed by atoms with Gasteiger partial charge in [-0.1, -0.05) is 37.6 Å². The summed E-state index contributed by atoms with van der Waals surface area (Å²) in [7, 11) is 3.50. The molecule has 0 bridgehead atoms. The summed E-state index contributed by atoms with van der Waals surface area (Å²) in [5, 5.41) is 12.2. The second kappa shape index (κ2) is 9.69. The molecule has 0 aliphatic rings. The number of rotatable bonds is 9. The molecule has 5 nitrogen and oxygen atoms in total. The standard InChI is InChI=1S/C18H29N3O2S/c1-7-13-10-14(8-2)16(15(9-3)11-13)17(22)18(23)21(5)19-20(4)12-24-6/h10-11,19H,7-9,12H2,1-6H3/p+1. The summed E-state index contributed by atoms with van der Waals surface area (Å²) < 4.78 is 1.37. The number of carbonyl (C=O) groups excluding carboxylic acids is 1. The van der Waals surface area contributed by atoms with E-state index in [1.807, 2.05) is 27.2 Å². The van der Waals surface area contributed by atoms with Gasteiger partial charge in [-0.15, -0.1) is 17.3 Å². The summed E-state index contributed by atoms with van der Waals surface area (Å²) in [6, 6.07) is 4.15. The van der Waals surface area contributed by atoms with Gasteiger partial charge in [0.1, 0.15) is 0 Å². The molecule has 0 radical (unpaired) electrons. The third kappa shape index (κ3) is 4.98. The number of aliphatic hydroxyl groups excluding tert-OH is 1. The first-order chi connectivity index (χ1) is 11.4. The highest BCUT2D eigenvalue weighted by Gasteiger charge is 2.27. The first-order valence-electron chi connectivity index (χ1n) is 8.34. The number of thioether (sulfide) groups is 1. The Morgan fingerprint density at radius 3 is 2.17 bits per heavy atom. The van der Waals surface area contributed by atoms with E-state index in [-0.39, 0.29) is 11.7 Å². The number of hydrogen-bond donors (Lipinski definition) is 2. The number of Topliss-reactive ketones (excluding diaryl/α,β-unsaturated/α-hetero) is 1. The molecule has 6 heteroatoms. The van der Waals surface area contributed by atoms with Crippen LogP contribution >= 0.6 is 11.8 Å². The Morgan fingerprint density at radius 1 is 1.21 bits per heavy atom. The van der Waals surface area contributed by atoms with Crippen molar-refractivity contribution in [2.24, 2.45) is 0 Å². The van der Waals surface area contributed by atoms with Gasteiger partial charge in [-0.3, -0.25) is 4.79 Å². The number of carbonyl (C=O) groups is 1. The Bertz CT molecular complexity index is 589. The topological polar surface area (TPSA) is 55.6 Å². The first kappa shape index (κ1) is 20.5. The second-order valence-electron chi connectivity index (χ2n) is 5.78. The van der Waals surface area contributed by atoms with Gasteiger partial charge < -0.3 is 5.11 Å². The Kier molecular flexibility index (Phi) is 8.28. The number of benzene rings is 1.